The number of anilines is 1. The largest absolute Gasteiger partial charge is 0.462 e. The summed E-state index contributed by atoms with van der Waals surface area (Å²) in [5, 5.41) is 0. The Balaban J connectivity index is 2.98. The van der Waals surface area contributed by atoms with Gasteiger partial charge in [-0.3, -0.25) is 0 Å². The van der Waals surface area contributed by atoms with Gasteiger partial charge in [-0.15, -0.1) is 0 Å². The number of nitrogens with two attached hydrogens (primary N) is 1. The zero-order valence-electron chi connectivity index (χ0n) is 8.04. The number of pyridine rings is 1. The summed E-state index contributed by atoms with van der Waals surface area (Å²) in [5.41, 5.74) is 4.89. The minimum absolute atomic E-state index is 0.00116. The first-order chi connectivity index (χ1) is 7.06. The van der Waals surface area contributed by atoms with E-state index >= 15 is 0 Å². The number of ether oxygens (including phenoxy) is 1. The van der Waals surface area contributed by atoms with Gasteiger partial charge in [0.2, 0.25) is 0 Å². The molecule has 0 bridgehead atoms. The van der Waals surface area contributed by atoms with E-state index in [2.05, 4.69) is 9.72 Å². The van der Waals surface area contributed by atoms with E-state index in [1.165, 1.54) is 6.07 Å². The zero-order chi connectivity index (χ0) is 11.4. The number of esters is 1. The second-order valence-electron chi connectivity index (χ2n) is 2.69. The third kappa shape index (κ3) is 2.61. The second kappa shape index (κ2) is 4.68. The minimum atomic E-state index is -2.71. The Kier molecular flexibility index (Phi) is 3.54. The second-order valence-corrected chi connectivity index (χ2v) is 2.69. The van der Waals surface area contributed by atoms with Crippen molar-refractivity contribution in [3.05, 3.63) is 23.4 Å². The number of carbonyl (C=O) groups is 1. The topological polar surface area (TPSA) is 65.2 Å². The summed E-state index contributed by atoms with van der Waals surface area (Å²) in [6.45, 7) is 1.82. The maximum atomic E-state index is 12.2. The number of nitrogens with zero attached hydrogens (tertiary/aromatic N) is 1. The van der Waals surface area contributed by atoms with Crippen LogP contribution in [0.25, 0.3) is 0 Å². The summed E-state index contributed by atoms with van der Waals surface area (Å²) in [4.78, 5) is 14.6. The standard InChI is InChI=1S/C9H10F2N2O2/c1-2-15-9(14)5-3-4-6(7(10)11)13-8(5)12/h3-4,7H,2H2,1H3,(H2,12,13). The monoisotopic (exact) mass is 216 g/mol. The van der Waals surface area contributed by atoms with Crippen LogP contribution in [-0.2, 0) is 4.74 Å². The molecule has 0 aliphatic carbocycles. The van der Waals surface area contributed by atoms with Gasteiger partial charge < -0.3 is 10.5 Å². The highest BCUT2D eigenvalue weighted by Crippen LogP contribution is 2.19. The first kappa shape index (κ1) is 11.4. The highest BCUT2D eigenvalue weighted by atomic mass is 19.3. The number of aromatic nitrogens is 1. The Morgan fingerprint density at radius 2 is 2.27 bits per heavy atom. The number of halogens is 2. The molecule has 0 amide bonds. The fourth-order valence-corrected chi connectivity index (χ4v) is 0.994. The Morgan fingerprint density at radius 3 is 2.73 bits per heavy atom. The van der Waals surface area contributed by atoms with Crippen LogP contribution in [-0.4, -0.2) is 17.6 Å². The number of nitrogen functional groups attached to an aromatic ring is 1. The van der Waals surface area contributed by atoms with Crippen LogP contribution in [0.1, 0.15) is 29.4 Å². The van der Waals surface area contributed by atoms with Gasteiger partial charge in [0.05, 0.1) is 6.61 Å². The molecule has 0 radical (unpaired) electrons. The lowest BCUT2D eigenvalue weighted by Gasteiger charge is -2.06. The SMILES string of the molecule is CCOC(=O)c1ccc(C(F)F)nc1N. The quantitative estimate of drug-likeness (QED) is 0.782. The van der Waals surface area contributed by atoms with Crippen LogP contribution in [0, 0.1) is 0 Å². The Morgan fingerprint density at radius 1 is 1.60 bits per heavy atom. The van der Waals surface area contributed by atoms with Crippen molar-refractivity contribution in [2.75, 3.05) is 12.3 Å². The van der Waals surface area contributed by atoms with Crippen LogP contribution in [0.5, 0.6) is 0 Å². The smallest absolute Gasteiger partial charge is 0.341 e. The molecule has 0 atom stereocenters. The molecule has 6 heteroatoms. The summed E-state index contributed by atoms with van der Waals surface area (Å²) in [6.07, 6.45) is -2.71. The number of carbonyl (C=O) groups excluding carboxylic acids is 1. The average Bonchev–Trinajstić information content (AvgIpc) is 2.17. The van der Waals surface area contributed by atoms with Gasteiger partial charge in [-0.1, -0.05) is 0 Å². The number of rotatable bonds is 3. The molecule has 0 spiro atoms. The van der Waals surface area contributed by atoms with Gasteiger partial charge in [-0.25, -0.2) is 18.6 Å². The lowest BCUT2D eigenvalue weighted by atomic mass is 10.2. The molecule has 0 aliphatic heterocycles. The van der Waals surface area contributed by atoms with Gasteiger partial charge >= 0.3 is 5.97 Å². The molecule has 0 saturated heterocycles. The third-order valence-electron chi connectivity index (χ3n) is 1.67. The summed E-state index contributed by atoms with van der Waals surface area (Å²) < 4.78 is 29.1. The molecule has 15 heavy (non-hydrogen) atoms. The Hall–Kier alpha value is -1.72. The lowest BCUT2D eigenvalue weighted by molar-refractivity contribution is 0.0526. The fraction of sp³-hybridized carbons (Fsp3) is 0.333. The van der Waals surface area contributed by atoms with Crippen molar-refractivity contribution < 1.29 is 18.3 Å². The van der Waals surface area contributed by atoms with Crippen molar-refractivity contribution in [3.8, 4) is 0 Å². The van der Waals surface area contributed by atoms with Crippen molar-refractivity contribution in [3.63, 3.8) is 0 Å². The molecule has 1 heterocycles. The number of alkyl halides is 2. The summed E-state index contributed by atoms with van der Waals surface area (Å²) in [6, 6.07) is 2.23. The van der Waals surface area contributed by atoms with Crippen LogP contribution >= 0.6 is 0 Å². The first-order valence-corrected chi connectivity index (χ1v) is 4.28. The first-order valence-electron chi connectivity index (χ1n) is 4.28. The molecular formula is C9H10F2N2O2. The zero-order valence-corrected chi connectivity index (χ0v) is 8.04. The van der Waals surface area contributed by atoms with E-state index in [0.717, 1.165) is 6.07 Å². The lowest BCUT2D eigenvalue weighted by Crippen LogP contribution is -2.10. The molecule has 1 aromatic rings. The van der Waals surface area contributed by atoms with E-state index in [-0.39, 0.29) is 18.0 Å². The number of hydrogen-bond acceptors (Lipinski definition) is 4. The van der Waals surface area contributed by atoms with Crippen molar-refractivity contribution in [2.45, 2.75) is 13.3 Å². The molecular weight excluding hydrogens is 206 g/mol. The predicted molar refractivity (Wildman–Crippen MR) is 49.6 cm³/mol. The van der Waals surface area contributed by atoms with Gasteiger partial charge in [0.15, 0.2) is 0 Å². The Labute approximate surface area is 85.1 Å². The van der Waals surface area contributed by atoms with Gasteiger partial charge in [0.1, 0.15) is 17.1 Å². The summed E-state index contributed by atoms with van der Waals surface area (Å²) >= 11 is 0. The van der Waals surface area contributed by atoms with Gasteiger partial charge in [0, 0.05) is 0 Å². The van der Waals surface area contributed by atoms with Gasteiger partial charge in [-0.05, 0) is 19.1 Å². The maximum Gasteiger partial charge on any atom is 0.341 e. The Bertz CT molecular complexity index is 369. The van der Waals surface area contributed by atoms with Crippen molar-refractivity contribution >= 4 is 11.8 Å². The molecule has 0 fully saturated rings. The van der Waals surface area contributed by atoms with E-state index in [9.17, 15) is 13.6 Å². The van der Waals surface area contributed by atoms with Crippen molar-refractivity contribution in [1.29, 1.82) is 0 Å². The molecule has 4 nitrogen and oxygen atoms in total. The third-order valence-corrected chi connectivity index (χ3v) is 1.67. The van der Waals surface area contributed by atoms with Crippen LogP contribution in [0.3, 0.4) is 0 Å². The minimum Gasteiger partial charge on any atom is -0.462 e. The van der Waals surface area contributed by atoms with E-state index < -0.39 is 18.1 Å². The molecule has 1 aromatic heterocycles. The molecule has 0 aliphatic rings. The normalized spacial score (nSPS) is 10.4. The van der Waals surface area contributed by atoms with Crippen LogP contribution < -0.4 is 5.73 Å². The fourth-order valence-electron chi connectivity index (χ4n) is 0.994. The van der Waals surface area contributed by atoms with Gasteiger partial charge in [0.25, 0.3) is 6.43 Å². The van der Waals surface area contributed by atoms with Crippen LogP contribution in [0.15, 0.2) is 12.1 Å². The van der Waals surface area contributed by atoms with E-state index in [4.69, 9.17) is 5.73 Å². The average molecular weight is 216 g/mol. The molecule has 0 aromatic carbocycles. The van der Waals surface area contributed by atoms with Crippen molar-refractivity contribution in [2.24, 2.45) is 0 Å². The highest BCUT2D eigenvalue weighted by Gasteiger charge is 2.15. The predicted octanol–water partition coefficient (Wildman–Crippen LogP) is 1.78. The van der Waals surface area contributed by atoms with Crippen LogP contribution in [0.2, 0.25) is 0 Å². The van der Waals surface area contributed by atoms with E-state index in [0.29, 0.717) is 0 Å². The molecule has 1 rings (SSSR count). The summed E-state index contributed by atoms with van der Waals surface area (Å²) in [5.74, 6) is -0.908. The molecule has 0 unspecified atom stereocenters. The molecule has 82 valence electrons. The number of hydrogen-bond donors (Lipinski definition) is 1. The van der Waals surface area contributed by atoms with Crippen molar-refractivity contribution in [1.82, 2.24) is 4.98 Å². The highest BCUT2D eigenvalue weighted by molar-refractivity contribution is 5.94. The summed E-state index contributed by atoms with van der Waals surface area (Å²) in [7, 11) is 0. The maximum absolute atomic E-state index is 12.2. The van der Waals surface area contributed by atoms with E-state index in [1.54, 1.807) is 6.92 Å². The molecule has 0 saturated carbocycles. The molecule has 2 N–H and O–H groups in total. The van der Waals surface area contributed by atoms with Crippen LogP contribution in [0.4, 0.5) is 14.6 Å². The van der Waals surface area contributed by atoms with Gasteiger partial charge in [-0.2, -0.15) is 0 Å². The van der Waals surface area contributed by atoms with E-state index in [1.807, 2.05) is 0 Å².